The molecule has 0 aliphatic carbocycles. The zero-order chi connectivity index (χ0) is 11.8. The summed E-state index contributed by atoms with van der Waals surface area (Å²) in [5.41, 5.74) is 0.384. The third kappa shape index (κ3) is 29.9. The molecule has 0 amide bonds. The van der Waals surface area contributed by atoms with Crippen LogP contribution in [0, 0.1) is 11.3 Å². The molecule has 0 atom stereocenters. The second kappa shape index (κ2) is 8.02. The number of hydrogen-bond acceptors (Lipinski definition) is 1. The van der Waals surface area contributed by atoms with E-state index in [4.69, 9.17) is 0 Å². The lowest BCUT2D eigenvalue weighted by Crippen LogP contribution is -2.05. The van der Waals surface area contributed by atoms with Gasteiger partial charge in [0, 0.05) is 6.42 Å². The van der Waals surface area contributed by atoms with E-state index in [0.29, 0.717) is 11.2 Å². The summed E-state index contributed by atoms with van der Waals surface area (Å²) in [4.78, 5) is 10.5. The van der Waals surface area contributed by atoms with Crippen LogP contribution in [0.5, 0.6) is 0 Å². The molecule has 0 bridgehead atoms. The maximum absolute atomic E-state index is 10.5. The fraction of sp³-hybridized carbons (Fsp3) is 0.923. The highest BCUT2D eigenvalue weighted by Gasteiger charge is 2.09. The minimum atomic E-state index is 0.309. The summed E-state index contributed by atoms with van der Waals surface area (Å²) in [7, 11) is 0. The largest absolute Gasteiger partial charge is 0.300 e. The summed E-state index contributed by atoms with van der Waals surface area (Å²) in [5.74, 6) is 1.14. The highest BCUT2D eigenvalue weighted by atomic mass is 16.1. The van der Waals surface area contributed by atoms with Crippen LogP contribution in [-0.4, -0.2) is 5.78 Å². The second-order valence-electron chi connectivity index (χ2n) is 5.85. The topological polar surface area (TPSA) is 17.1 Å². The van der Waals surface area contributed by atoms with Crippen molar-refractivity contribution in [1.82, 2.24) is 0 Å². The molecular weight excluding hydrogens is 172 g/mol. The van der Waals surface area contributed by atoms with Gasteiger partial charge in [-0.15, -0.1) is 0 Å². The molecule has 0 aromatic rings. The van der Waals surface area contributed by atoms with E-state index in [-0.39, 0.29) is 0 Å². The molecule has 0 unspecified atom stereocenters. The highest BCUT2D eigenvalue weighted by molar-refractivity contribution is 5.75. The van der Waals surface area contributed by atoms with Crippen LogP contribution in [0.3, 0.4) is 0 Å². The Morgan fingerprint density at radius 1 is 1.14 bits per heavy atom. The molecule has 0 aromatic heterocycles. The van der Waals surface area contributed by atoms with Crippen LogP contribution >= 0.6 is 0 Å². The molecular formula is C13H28O. The van der Waals surface area contributed by atoms with Gasteiger partial charge in [0.25, 0.3) is 0 Å². The van der Waals surface area contributed by atoms with Crippen LogP contribution in [0.1, 0.15) is 67.7 Å². The predicted molar refractivity (Wildman–Crippen MR) is 64.5 cm³/mol. The molecule has 0 aliphatic heterocycles. The Labute approximate surface area is 90.3 Å². The van der Waals surface area contributed by atoms with Gasteiger partial charge in [-0.1, -0.05) is 41.5 Å². The zero-order valence-corrected chi connectivity index (χ0v) is 11.1. The van der Waals surface area contributed by atoms with Gasteiger partial charge in [-0.2, -0.15) is 0 Å². The molecule has 86 valence electrons. The maximum Gasteiger partial charge on any atom is 0.129 e. The molecule has 1 nitrogen and oxygen atoms in total. The van der Waals surface area contributed by atoms with Gasteiger partial charge < -0.3 is 4.79 Å². The van der Waals surface area contributed by atoms with E-state index >= 15 is 0 Å². The first-order valence-corrected chi connectivity index (χ1v) is 5.64. The van der Waals surface area contributed by atoms with Crippen LogP contribution in [0.25, 0.3) is 0 Å². The molecule has 0 aromatic carbocycles. The molecule has 0 saturated heterocycles. The van der Waals surface area contributed by atoms with Gasteiger partial charge in [-0.3, -0.25) is 0 Å². The first kappa shape index (κ1) is 16.1. The molecule has 0 fully saturated rings. The lowest BCUT2D eigenvalue weighted by atomic mass is 9.89. The summed E-state index contributed by atoms with van der Waals surface area (Å²) in [5, 5.41) is 0. The number of carbonyl (C=O) groups is 1. The third-order valence-corrected chi connectivity index (χ3v) is 1.46. The average Bonchev–Trinajstić information content (AvgIpc) is 1.80. The van der Waals surface area contributed by atoms with Gasteiger partial charge in [0.15, 0.2) is 0 Å². The Bertz CT molecular complexity index is 137. The molecule has 1 heteroatoms. The molecule has 0 N–H and O–H groups in total. The molecule has 0 radical (unpaired) electrons. The third-order valence-electron chi connectivity index (χ3n) is 1.46. The minimum Gasteiger partial charge on any atom is -0.300 e. The fourth-order valence-electron chi connectivity index (χ4n) is 0.868. The molecule has 0 rings (SSSR count). The summed E-state index contributed by atoms with van der Waals surface area (Å²) in [6.45, 7) is 14.8. The molecule has 0 heterocycles. The zero-order valence-electron chi connectivity index (χ0n) is 11.1. The molecule has 0 spiro atoms. The van der Waals surface area contributed by atoms with Crippen molar-refractivity contribution in [3.05, 3.63) is 0 Å². The van der Waals surface area contributed by atoms with Crippen molar-refractivity contribution in [2.75, 3.05) is 0 Å². The quantitative estimate of drug-likeness (QED) is 0.657. The van der Waals surface area contributed by atoms with Gasteiger partial charge in [0.2, 0.25) is 0 Å². The number of ketones is 1. The number of carbonyl (C=O) groups excluding carboxylic acids is 1. The Hall–Kier alpha value is -0.330. The van der Waals surface area contributed by atoms with Crippen molar-refractivity contribution >= 4 is 5.78 Å². The van der Waals surface area contributed by atoms with Crippen molar-refractivity contribution in [2.24, 2.45) is 11.3 Å². The van der Waals surface area contributed by atoms with Crippen LogP contribution in [-0.2, 0) is 4.79 Å². The van der Waals surface area contributed by atoms with E-state index in [9.17, 15) is 4.79 Å². The van der Waals surface area contributed by atoms with Crippen molar-refractivity contribution in [3.63, 3.8) is 0 Å². The second-order valence-corrected chi connectivity index (χ2v) is 5.85. The lowest BCUT2D eigenvalue weighted by Gasteiger charge is -2.16. The summed E-state index contributed by atoms with van der Waals surface area (Å²) in [6, 6.07) is 0. The van der Waals surface area contributed by atoms with Crippen molar-refractivity contribution in [1.29, 1.82) is 0 Å². The monoisotopic (exact) mass is 200 g/mol. The summed E-state index contributed by atoms with van der Waals surface area (Å²) in [6.07, 6.45) is 2.93. The van der Waals surface area contributed by atoms with E-state index in [1.54, 1.807) is 6.92 Å². The number of hydrogen-bond donors (Lipinski definition) is 0. The highest BCUT2D eigenvalue weighted by Crippen LogP contribution is 2.21. The Morgan fingerprint density at radius 2 is 1.50 bits per heavy atom. The molecule has 0 aliphatic rings. The van der Waals surface area contributed by atoms with Gasteiger partial charge in [-0.05, 0) is 31.1 Å². The smallest absolute Gasteiger partial charge is 0.129 e. The first-order valence-electron chi connectivity index (χ1n) is 5.64. The van der Waals surface area contributed by atoms with Gasteiger partial charge in [0.05, 0.1) is 0 Å². The lowest BCUT2D eigenvalue weighted by molar-refractivity contribution is -0.117. The number of Topliss-reactive ketones (excluding diaryl/α,β-unsaturated/α-hetero) is 1. The fourth-order valence-corrected chi connectivity index (χ4v) is 0.868. The number of rotatable bonds is 3. The maximum atomic E-state index is 10.5. The minimum absolute atomic E-state index is 0.309. The van der Waals surface area contributed by atoms with E-state index in [0.717, 1.165) is 25.2 Å². The van der Waals surface area contributed by atoms with Crippen LogP contribution in [0.4, 0.5) is 0 Å². The van der Waals surface area contributed by atoms with E-state index in [1.165, 1.54) is 0 Å². The van der Waals surface area contributed by atoms with Crippen LogP contribution < -0.4 is 0 Å². The first-order chi connectivity index (χ1) is 6.15. The molecule has 0 saturated carbocycles. The van der Waals surface area contributed by atoms with E-state index in [1.807, 2.05) is 0 Å². The van der Waals surface area contributed by atoms with E-state index < -0.39 is 0 Å². The van der Waals surface area contributed by atoms with Crippen LogP contribution in [0.15, 0.2) is 0 Å². The standard InChI is InChI=1S/C9H18O.C4H10/c1-8(10)6-5-7-9(2,3)4;1-4(2)3/h5-7H2,1-4H3;4H,1-3H3. The van der Waals surface area contributed by atoms with Crippen molar-refractivity contribution in [2.45, 2.75) is 67.7 Å². The summed E-state index contributed by atoms with van der Waals surface area (Å²) < 4.78 is 0. The SMILES string of the molecule is CC(=O)CCCC(C)(C)C.CC(C)C. The van der Waals surface area contributed by atoms with Crippen molar-refractivity contribution in [3.8, 4) is 0 Å². The van der Waals surface area contributed by atoms with E-state index in [2.05, 4.69) is 41.5 Å². The van der Waals surface area contributed by atoms with Gasteiger partial charge in [0.1, 0.15) is 5.78 Å². The van der Waals surface area contributed by atoms with Crippen molar-refractivity contribution < 1.29 is 4.79 Å². The average molecular weight is 200 g/mol. The molecule has 14 heavy (non-hydrogen) atoms. The predicted octanol–water partition coefficient (Wildman–Crippen LogP) is 4.45. The normalized spacial score (nSPS) is 10.9. The Morgan fingerprint density at radius 3 is 1.71 bits per heavy atom. The van der Waals surface area contributed by atoms with Gasteiger partial charge in [-0.25, -0.2) is 0 Å². The van der Waals surface area contributed by atoms with Gasteiger partial charge >= 0.3 is 0 Å². The summed E-state index contributed by atoms with van der Waals surface area (Å²) >= 11 is 0. The van der Waals surface area contributed by atoms with Crippen LogP contribution in [0.2, 0.25) is 0 Å². The Balaban J connectivity index is 0. The Kier molecular flexibility index (Phi) is 9.23.